The zero-order valence-electron chi connectivity index (χ0n) is 14.8. The molecule has 0 unspecified atom stereocenters. The lowest BCUT2D eigenvalue weighted by atomic mass is 10.0. The third-order valence-electron chi connectivity index (χ3n) is 3.70. The minimum atomic E-state index is -0.872. The minimum absolute atomic E-state index is 0.110. The van der Waals surface area contributed by atoms with E-state index in [4.69, 9.17) is 9.47 Å². The summed E-state index contributed by atoms with van der Waals surface area (Å²) in [6, 6.07) is 8.39. The van der Waals surface area contributed by atoms with Gasteiger partial charge in [-0.25, -0.2) is 14.4 Å². The molecule has 0 radical (unpaired) electrons. The van der Waals surface area contributed by atoms with Gasteiger partial charge >= 0.3 is 12.1 Å². The van der Waals surface area contributed by atoms with E-state index < -0.39 is 23.7 Å². The first-order valence-corrected chi connectivity index (χ1v) is 8.28. The van der Waals surface area contributed by atoms with Crippen molar-refractivity contribution < 1.29 is 23.9 Å². The fourth-order valence-electron chi connectivity index (χ4n) is 2.60. The maximum Gasteiger partial charge on any atom is 0.415 e. The van der Waals surface area contributed by atoms with Crippen LogP contribution in [0, 0.1) is 0 Å². The van der Waals surface area contributed by atoms with Gasteiger partial charge in [0.1, 0.15) is 29.9 Å². The summed E-state index contributed by atoms with van der Waals surface area (Å²) in [4.78, 5) is 37.3. The molecule has 25 heavy (non-hydrogen) atoms. The van der Waals surface area contributed by atoms with Crippen molar-refractivity contribution in [2.45, 2.75) is 58.3 Å². The number of benzene rings is 1. The van der Waals surface area contributed by atoms with Gasteiger partial charge in [-0.15, -0.1) is 0 Å². The lowest BCUT2D eigenvalue weighted by Gasteiger charge is -2.35. The second kappa shape index (κ2) is 7.99. The first kappa shape index (κ1) is 18.7. The van der Waals surface area contributed by atoms with Crippen LogP contribution in [0.25, 0.3) is 0 Å². The highest BCUT2D eigenvalue weighted by molar-refractivity contribution is 5.84. The van der Waals surface area contributed by atoms with Crippen LogP contribution < -0.4 is 0 Å². The summed E-state index contributed by atoms with van der Waals surface area (Å²) in [5.41, 5.74) is 0.241. The first-order chi connectivity index (χ1) is 11.8. The van der Waals surface area contributed by atoms with Crippen LogP contribution >= 0.6 is 0 Å². The SMILES string of the molecule is CC(C)(C)OC(=O)N1C(=C=O)CCC[C@H]1C(=O)OCc1ccccc1. The molecule has 0 N–H and O–H groups in total. The normalized spacial score (nSPS) is 17.6. The predicted octanol–water partition coefficient (Wildman–Crippen LogP) is 3.23. The standard InChI is InChI=1S/C19H23NO5/c1-19(2,3)25-18(23)20-15(12-21)10-7-11-16(20)17(22)24-13-14-8-5-4-6-9-14/h4-6,8-9,16H,7,10-11,13H2,1-3H3/t16-/m0/s1. The number of piperidine rings is 1. The van der Waals surface area contributed by atoms with Gasteiger partial charge in [-0.2, -0.15) is 0 Å². The number of carbonyl (C=O) groups is 2. The van der Waals surface area contributed by atoms with E-state index in [1.807, 2.05) is 30.3 Å². The third kappa shape index (κ3) is 5.19. The lowest BCUT2D eigenvalue weighted by Crippen LogP contribution is -2.49. The zero-order chi connectivity index (χ0) is 18.4. The van der Waals surface area contributed by atoms with Crippen molar-refractivity contribution in [2.24, 2.45) is 0 Å². The number of rotatable bonds is 3. The summed E-state index contributed by atoms with van der Waals surface area (Å²) in [6.07, 6.45) is 0.672. The largest absolute Gasteiger partial charge is 0.459 e. The van der Waals surface area contributed by atoms with Crippen molar-refractivity contribution in [2.75, 3.05) is 0 Å². The lowest BCUT2D eigenvalue weighted by molar-refractivity contribution is -0.151. The Labute approximate surface area is 147 Å². The summed E-state index contributed by atoms with van der Waals surface area (Å²) < 4.78 is 10.7. The van der Waals surface area contributed by atoms with Crippen LogP contribution in [0.2, 0.25) is 0 Å². The van der Waals surface area contributed by atoms with Crippen LogP contribution in [-0.2, 0) is 25.7 Å². The highest BCUT2D eigenvalue weighted by atomic mass is 16.6. The van der Waals surface area contributed by atoms with E-state index in [0.717, 1.165) is 10.5 Å². The molecule has 1 aliphatic rings. The van der Waals surface area contributed by atoms with Crippen molar-refractivity contribution in [3.8, 4) is 0 Å². The van der Waals surface area contributed by atoms with Crippen LogP contribution in [0.5, 0.6) is 0 Å². The number of ether oxygens (including phenoxy) is 2. The number of allylic oxidation sites excluding steroid dienone is 1. The number of hydrogen-bond donors (Lipinski definition) is 0. The maximum absolute atomic E-state index is 12.5. The number of carbonyl (C=O) groups excluding carboxylic acids is 3. The number of amides is 1. The molecule has 1 aromatic carbocycles. The Morgan fingerprint density at radius 2 is 1.92 bits per heavy atom. The van der Waals surface area contributed by atoms with Crippen molar-refractivity contribution in [1.82, 2.24) is 4.90 Å². The van der Waals surface area contributed by atoms with Crippen LogP contribution in [0.4, 0.5) is 4.79 Å². The van der Waals surface area contributed by atoms with Gasteiger partial charge in [0.2, 0.25) is 0 Å². The molecular weight excluding hydrogens is 322 g/mol. The molecule has 1 heterocycles. The molecule has 1 saturated heterocycles. The molecular formula is C19H23NO5. The summed E-state index contributed by atoms with van der Waals surface area (Å²) in [7, 11) is 0. The van der Waals surface area contributed by atoms with Crippen molar-refractivity contribution in [3.05, 3.63) is 41.6 Å². The highest BCUT2D eigenvalue weighted by Gasteiger charge is 2.39. The maximum atomic E-state index is 12.5. The van der Waals surface area contributed by atoms with E-state index >= 15 is 0 Å². The molecule has 0 aliphatic carbocycles. The van der Waals surface area contributed by atoms with Crippen molar-refractivity contribution in [3.63, 3.8) is 0 Å². The Balaban J connectivity index is 2.13. The second-order valence-electron chi connectivity index (χ2n) is 6.90. The number of nitrogens with zero attached hydrogens (tertiary/aromatic N) is 1. The van der Waals surface area contributed by atoms with E-state index in [0.29, 0.717) is 19.3 Å². The zero-order valence-corrected chi connectivity index (χ0v) is 14.8. The monoisotopic (exact) mass is 345 g/mol. The van der Waals surface area contributed by atoms with E-state index in [1.165, 1.54) is 0 Å². The molecule has 1 atom stereocenters. The first-order valence-electron chi connectivity index (χ1n) is 8.28. The molecule has 0 saturated carbocycles. The summed E-state index contributed by atoms with van der Waals surface area (Å²) >= 11 is 0. The van der Waals surface area contributed by atoms with Crippen LogP contribution in [0.1, 0.15) is 45.6 Å². The third-order valence-corrected chi connectivity index (χ3v) is 3.70. The topological polar surface area (TPSA) is 72.9 Å². The van der Waals surface area contributed by atoms with Gasteiger partial charge < -0.3 is 9.47 Å². The Hall–Kier alpha value is -2.59. The molecule has 1 aliphatic heterocycles. The number of hydrogen-bond acceptors (Lipinski definition) is 5. The molecule has 6 heteroatoms. The summed E-state index contributed by atoms with van der Waals surface area (Å²) in [6.45, 7) is 5.28. The molecule has 1 aromatic rings. The molecule has 1 fully saturated rings. The predicted molar refractivity (Wildman–Crippen MR) is 91.2 cm³/mol. The average Bonchev–Trinajstić information content (AvgIpc) is 2.58. The number of esters is 1. The van der Waals surface area contributed by atoms with Gasteiger partial charge in [-0.05, 0) is 45.6 Å². The van der Waals surface area contributed by atoms with Crippen molar-refractivity contribution in [1.29, 1.82) is 0 Å². The summed E-state index contributed by atoms with van der Waals surface area (Å²) in [5, 5.41) is 0. The van der Waals surface area contributed by atoms with Crippen LogP contribution in [0.15, 0.2) is 36.0 Å². The Bertz CT molecular complexity index is 671. The van der Waals surface area contributed by atoms with Gasteiger partial charge in [0.05, 0.1) is 0 Å². The second-order valence-corrected chi connectivity index (χ2v) is 6.90. The molecule has 134 valence electrons. The van der Waals surface area contributed by atoms with Gasteiger partial charge in [-0.3, -0.25) is 4.90 Å². The van der Waals surface area contributed by atoms with Gasteiger partial charge in [-0.1, -0.05) is 30.3 Å². The quantitative estimate of drug-likeness (QED) is 0.621. The average molecular weight is 345 g/mol. The van der Waals surface area contributed by atoms with Gasteiger partial charge in [0, 0.05) is 0 Å². The molecule has 1 amide bonds. The van der Waals surface area contributed by atoms with Crippen LogP contribution in [0.3, 0.4) is 0 Å². The van der Waals surface area contributed by atoms with E-state index in [-0.39, 0.29) is 12.3 Å². The molecule has 0 aromatic heterocycles. The molecule has 2 rings (SSSR count). The van der Waals surface area contributed by atoms with Crippen LogP contribution in [-0.4, -0.2) is 34.5 Å². The fourth-order valence-corrected chi connectivity index (χ4v) is 2.60. The summed E-state index contributed by atoms with van der Waals surface area (Å²) in [5.74, 6) is 1.21. The number of likely N-dealkylation sites (tertiary alicyclic amines) is 1. The Morgan fingerprint density at radius 1 is 1.24 bits per heavy atom. The molecule has 0 bridgehead atoms. The smallest absolute Gasteiger partial charge is 0.415 e. The fraction of sp³-hybridized carbons (Fsp3) is 0.474. The highest BCUT2D eigenvalue weighted by Crippen LogP contribution is 2.27. The Kier molecular flexibility index (Phi) is 5.99. The molecule has 6 nitrogen and oxygen atoms in total. The molecule has 0 spiro atoms. The van der Waals surface area contributed by atoms with Crippen molar-refractivity contribution >= 4 is 18.0 Å². The minimum Gasteiger partial charge on any atom is -0.459 e. The van der Waals surface area contributed by atoms with E-state index in [2.05, 4.69) is 0 Å². The van der Waals surface area contributed by atoms with E-state index in [1.54, 1.807) is 26.7 Å². The Morgan fingerprint density at radius 3 is 2.52 bits per heavy atom. The van der Waals surface area contributed by atoms with Gasteiger partial charge in [0.25, 0.3) is 0 Å². The van der Waals surface area contributed by atoms with E-state index in [9.17, 15) is 14.4 Å². The van der Waals surface area contributed by atoms with Gasteiger partial charge in [0.15, 0.2) is 0 Å².